The first-order valence-electron chi connectivity index (χ1n) is 4.63. The Bertz CT molecular complexity index is 161. The highest BCUT2D eigenvalue weighted by atomic mass is 79.9. The Hall–Kier alpha value is -0.0500. The SMILES string of the molecule is C[C@H](CBr)CCC(=O)OC(C)(C)C. The van der Waals surface area contributed by atoms with Crippen molar-refractivity contribution in [3.63, 3.8) is 0 Å². The molecule has 0 N–H and O–H groups in total. The third kappa shape index (κ3) is 8.28. The van der Waals surface area contributed by atoms with E-state index in [-0.39, 0.29) is 11.6 Å². The number of hydrogen-bond acceptors (Lipinski definition) is 2. The van der Waals surface area contributed by atoms with E-state index >= 15 is 0 Å². The lowest BCUT2D eigenvalue weighted by atomic mass is 10.1. The fraction of sp³-hybridized carbons (Fsp3) is 0.900. The Morgan fingerprint density at radius 3 is 2.38 bits per heavy atom. The molecule has 0 heterocycles. The Kier molecular flexibility index (Phi) is 5.61. The van der Waals surface area contributed by atoms with Crippen molar-refractivity contribution >= 4 is 21.9 Å². The normalized spacial score (nSPS) is 13.9. The first kappa shape index (κ1) is 12.9. The van der Waals surface area contributed by atoms with Gasteiger partial charge in [-0.05, 0) is 33.1 Å². The first-order chi connectivity index (χ1) is 5.85. The lowest BCUT2D eigenvalue weighted by Crippen LogP contribution is -2.24. The van der Waals surface area contributed by atoms with Crippen LogP contribution < -0.4 is 0 Å². The molecule has 0 saturated heterocycles. The number of carbonyl (C=O) groups excluding carboxylic acids is 1. The van der Waals surface area contributed by atoms with Gasteiger partial charge >= 0.3 is 5.97 Å². The summed E-state index contributed by atoms with van der Waals surface area (Å²) in [6.45, 7) is 7.77. The van der Waals surface area contributed by atoms with E-state index in [9.17, 15) is 4.79 Å². The number of halogens is 1. The van der Waals surface area contributed by atoms with Crippen LogP contribution in [0.3, 0.4) is 0 Å². The minimum absolute atomic E-state index is 0.0969. The van der Waals surface area contributed by atoms with Crippen LogP contribution in [0, 0.1) is 5.92 Å². The molecule has 2 nitrogen and oxygen atoms in total. The van der Waals surface area contributed by atoms with Crippen LogP contribution in [0.15, 0.2) is 0 Å². The smallest absolute Gasteiger partial charge is 0.306 e. The molecule has 0 fully saturated rings. The predicted molar refractivity (Wildman–Crippen MR) is 58.0 cm³/mol. The van der Waals surface area contributed by atoms with Gasteiger partial charge in [-0.15, -0.1) is 0 Å². The van der Waals surface area contributed by atoms with Crippen LogP contribution >= 0.6 is 15.9 Å². The van der Waals surface area contributed by atoms with Crippen LogP contribution in [0.2, 0.25) is 0 Å². The molecule has 0 unspecified atom stereocenters. The molecule has 0 aromatic carbocycles. The van der Waals surface area contributed by atoms with Crippen LogP contribution in [-0.4, -0.2) is 16.9 Å². The highest BCUT2D eigenvalue weighted by Gasteiger charge is 2.16. The van der Waals surface area contributed by atoms with Gasteiger partial charge in [0.1, 0.15) is 5.60 Å². The highest BCUT2D eigenvalue weighted by Crippen LogP contribution is 2.13. The van der Waals surface area contributed by atoms with Crippen LogP contribution in [0.4, 0.5) is 0 Å². The summed E-state index contributed by atoms with van der Waals surface area (Å²) in [4.78, 5) is 11.2. The molecule has 0 radical (unpaired) electrons. The average Bonchev–Trinajstić information content (AvgIpc) is 1.97. The van der Waals surface area contributed by atoms with Gasteiger partial charge in [-0.1, -0.05) is 22.9 Å². The molecule has 0 aliphatic heterocycles. The summed E-state index contributed by atoms with van der Waals surface area (Å²) in [5.74, 6) is 0.438. The van der Waals surface area contributed by atoms with Gasteiger partial charge < -0.3 is 4.74 Å². The minimum atomic E-state index is -0.352. The topological polar surface area (TPSA) is 26.3 Å². The van der Waals surface area contributed by atoms with E-state index < -0.39 is 0 Å². The van der Waals surface area contributed by atoms with Crippen LogP contribution in [0.5, 0.6) is 0 Å². The first-order valence-corrected chi connectivity index (χ1v) is 5.75. The molecule has 0 aromatic rings. The quantitative estimate of drug-likeness (QED) is 0.566. The second-order valence-corrected chi connectivity index (χ2v) is 5.03. The molecule has 0 aliphatic rings. The number of alkyl halides is 1. The van der Waals surface area contributed by atoms with Crippen molar-refractivity contribution in [2.24, 2.45) is 5.92 Å². The number of rotatable bonds is 4. The lowest BCUT2D eigenvalue weighted by molar-refractivity contribution is -0.155. The Balaban J connectivity index is 3.64. The molecule has 0 spiro atoms. The Labute approximate surface area is 89.2 Å². The van der Waals surface area contributed by atoms with Crippen molar-refractivity contribution in [3.8, 4) is 0 Å². The molecule has 0 saturated carbocycles. The van der Waals surface area contributed by atoms with Gasteiger partial charge in [-0.2, -0.15) is 0 Å². The van der Waals surface area contributed by atoms with Gasteiger partial charge in [0.25, 0.3) is 0 Å². The molecule has 13 heavy (non-hydrogen) atoms. The maximum Gasteiger partial charge on any atom is 0.306 e. The van der Waals surface area contributed by atoms with E-state index in [0.29, 0.717) is 12.3 Å². The second-order valence-electron chi connectivity index (χ2n) is 4.38. The zero-order valence-electron chi connectivity index (χ0n) is 8.89. The van der Waals surface area contributed by atoms with E-state index in [0.717, 1.165) is 11.8 Å². The van der Waals surface area contributed by atoms with Crippen molar-refractivity contribution in [3.05, 3.63) is 0 Å². The van der Waals surface area contributed by atoms with Crippen molar-refractivity contribution < 1.29 is 9.53 Å². The fourth-order valence-corrected chi connectivity index (χ4v) is 1.16. The third-order valence-corrected chi connectivity index (χ3v) is 2.63. The fourth-order valence-electron chi connectivity index (χ4n) is 0.834. The molecule has 0 bridgehead atoms. The number of hydrogen-bond donors (Lipinski definition) is 0. The van der Waals surface area contributed by atoms with Gasteiger partial charge in [0.2, 0.25) is 0 Å². The maximum absolute atomic E-state index is 11.2. The summed E-state index contributed by atoms with van der Waals surface area (Å²) in [7, 11) is 0. The average molecular weight is 251 g/mol. The Morgan fingerprint density at radius 2 is 2.00 bits per heavy atom. The monoisotopic (exact) mass is 250 g/mol. The zero-order valence-corrected chi connectivity index (χ0v) is 10.5. The summed E-state index contributed by atoms with van der Waals surface area (Å²) in [5.41, 5.74) is -0.352. The van der Waals surface area contributed by atoms with E-state index in [4.69, 9.17) is 4.74 Å². The highest BCUT2D eigenvalue weighted by molar-refractivity contribution is 9.09. The summed E-state index contributed by atoms with van der Waals surface area (Å²) < 4.78 is 5.18. The van der Waals surface area contributed by atoms with Gasteiger partial charge in [0, 0.05) is 11.8 Å². The van der Waals surface area contributed by atoms with Crippen molar-refractivity contribution in [1.82, 2.24) is 0 Å². The third-order valence-electron chi connectivity index (χ3n) is 1.52. The van der Waals surface area contributed by atoms with Crippen molar-refractivity contribution in [1.29, 1.82) is 0 Å². The van der Waals surface area contributed by atoms with E-state index in [1.54, 1.807) is 0 Å². The molecular weight excluding hydrogens is 232 g/mol. The van der Waals surface area contributed by atoms with Crippen LogP contribution in [0.1, 0.15) is 40.5 Å². The van der Waals surface area contributed by atoms with E-state index in [1.807, 2.05) is 20.8 Å². The molecule has 0 amide bonds. The van der Waals surface area contributed by atoms with Gasteiger partial charge in [0.05, 0.1) is 0 Å². The second kappa shape index (κ2) is 5.63. The Morgan fingerprint density at radius 1 is 1.46 bits per heavy atom. The lowest BCUT2D eigenvalue weighted by Gasteiger charge is -2.19. The van der Waals surface area contributed by atoms with E-state index in [2.05, 4.69) is 22.9 Å². The number of esters is 1. The molecule has 0 aromatic heterocycles. The summed E-state index contributed by atoms with van der Waals surface area (Å²) in [6.07, 6.45) is 1.41. The predicted octanol–water partition coefficient (Wildman–Crippen LogP) is 3.14. The number of ether oxygens (including phenoxy) is 1. The van der Waals surface area contributed by atoms with Crippen molar-refractivity contribution in [2.45, 2.75) is 46.1 Å². The zero-order chi connectivity index (χ0) is 10.5. The molecule has 78 valence electrons. The van der Waals surface area contributed by atoms with Crippen molar-refractivity contribution in [2.75, 3.05) is 5.33 Å². The summed E-state index contributed by atoms with van der Waals surface area (Å²) in [5, 5.41) is 0.940. The van der Waals surface area contributed by atoms with Crippen LogP contribution in [0.25, 0.3) is 0 Å². The molecular formula is C10H19BrO2. The standard InChI is InChI=1S/C10H19BrO2/c1-8(7-11)5-6-9(12)13-10(2,3)4/h8H,5-7H2,1-4H3/t8-/m0/s1. The molecule has 1 atom stereocenters. The van der Waals surface area contributed by atoms with Gasteiger partial charge in [0.15, 0.2) is 0 Å². The summed E-state index contributed by atoms with van der Waals surface area (Å²) in [6, 6.07) is 0. The van der Waals surface area contributed by atoms with Crippen LogP contribution in [-0.2, 0) is 9.53 Å². The largest absolute Gasteiger partial charge is 0.460 e. The minimum Gasteiger partial charge on any atom is -0.460 e. The number of carbonyl (C=O) groups is 1. The molecule has 0 rings (SSSR count). The molecule has 3 heteroatoms. The molecule has 0 aliphatic carbocycles. The maximum atomic E-state index is 11.2. The van der Waals surface area contributed by atoms with Gasteiger partial charge in [-0.25, -0.2) is 0 Å². The summed E-state index contributed by atoms with van der Waals surface area (Å²) >= 11 is 3.37. The van der Waals surface area contributed by atoms with E-state index in [1.165, 1.54) is 0 Å². The van der Waals surface area contributed by atoms with Gasteiger partial charge in [-0.3, -0.25) is 4.79 Å².